The van der Waals surface area contributed by atoms with Crippen LogP contribution in [0, 0.1) is 12.8 Å². The van der Waals surface area contributed by atoms with Crippen LogP contribution in [0.15, 0.2) is 29.8 Å². The second-order valence-electron chi connectivity index (χ2n) is 8.18. The van der Waals surface area contributed by atoms with Crippen molar-refractivity contribution < 1.29 is 24.2 Å². The van der Waals surface area contributed by atoms with E-state index in [0.29, 0.717) is 0 Å². The number of likely N-dealkylation sites (tertiary alicyclic amines) is 1. The van der Waals surface area contributed by atoms with Gasteiger partial charge in [-0.1, -0.05) is 38.1 Å². The number of aromatic nitrogens is 1. The fraction of sp³-hybridized carbons (Fsp3) is 0.455. The number of amides is 3. The van der Waals surface area contributed by atoms with Crippen molar-refractivity contribution in [2.24, 2.45) is 11.7 Å². The number of β-amino-alcohol motifs (C(OH)–C–C–N with tert-alkyl or cyclic N) is 1. The minimum atomic E-state index is -1.11. The molecule has 0 bridgehead atoms. The Kier molecular flexibility index (Phi) is 7.47. The van der Waals surface area contributed by atoms with Crippen molar-refractivity contribution in [3.05, 3.63) is 41.0 Å². The summed E-state index contributed by atoms with van der Waals surface area (Å²) >= 11 is 1.57. The maximum absolute atomic E-state index is 12.9. The molecule has 0 spiro atoms. The Morgan fingerprint density at radius 2 is 2.00 bits per heavy atom. The topological polar surface area (TPSA) is 135 Å². The lowest BCUT2D eigenvalue weighted by molar-refractivity contribution is -0.147. The molecule has 1 aromatic heterocycles. The summed E-state index contributed by atoms with van der Waals surface area (Å²) in [5, 5.41) is 12.9. The second-order valence-corrected chi connectivity index (χ2v) is 9.03. The number of nitrogens with zero attached hydrogens (tertiary/aromatic N) is 2. The fourth-order valence-corrected chi connectivity index (χ4v) is 4.54. The molecular formula is C22H28N4O5S. The Balaban J connectivity index is 1.64. The maximum atomic E-state index is 12.9. The molecule has 1 aliphatic heterocycles. The van der Waals surface area contributed by atoms with E-state index < -0.39 is 30.3 Å². The molecule has 0 unspecified atom stereocenters. The molecule has 0 aliphatic carbocycles. The fourth-order valence-electron chi connectivity index (χ4n) is 3.73. The van der Waals surface area contributed by atoms with Crippen LogP contribution in [0.1, 0.15) is 31.5 Å². The molecule has 4 N–H and O–H groups in total. The van der Waals surface area contributed by atoms with Crippen molar-refractivity contribution in [3.63, 3.8) is 0 Å². The van der Waals surface area contributed by atoms with E-state index >= 15 is 0 Å². The lowest BCUT2D eigenvalue weighted by Gasteiger charge is -2.29. The van der Waals surface area contributed by atoms with E-state index in [9.17, 15) is 19.5 Å². The minimum Gasteiger partial charge on any atom is -0.436 e. The molecule has 3 atom stereocenters. The van der Waals surface area contributed by atoms with Gasteiger partial charge in [-0.2, -0.15) is 0 Å². The third-order valence-electron chi connectivity index (χ3n) is 5.39. The molecule has 3 amide bonds. The standard InChI is InChI=1S/C22H28N4O5S/c1-12(2)18(31-22(23)30)21(29)26-10-16(27)8-17(26)20(28)24-9-14-4-6-15(7-5-14)19-13(3)25-11-32-19/h4-7,11-12,16-18,27H,8-10H2,1-3H3,(H2,23,30)(H,24,28)/t16-,17+,18+/m1/s1. The largest absolute Gasteiger partial charge is 0.436 e. The number of nitrogens with one attached hydrogen (secondary N) is 1. The average molecular weight is 461 g/mol. The molecule has 1 aromatic carbocycles. The van der Waals surface area contributed by atoms with Crippen LogP contribution >= 0.6 is 11.3 Å². The van der Waals surface area contributed by atoms with E-state index in [4.69, 9.17) is 10.5 Å². The van der Waals surface area contributed by atoms with Gasteiger partial charge in [0, 0.05) is 19.5 Å². The Morgan fingerprint density at radius 3 is 2.56 bits per heavy atom. The van der Waals surface area contributed by atoms with Crippen molar-refractivity contribution in [1.82, 2.24) is 15.2 Å². The molecule has 0 radical (unpaired) electrons. The molecule has 3 rings (SSSR count). The number of ether oxygens (including phenoxy) is 1. The van der Waals surface area contributed by atoms with E-state index in [-0.39, 0.29) is 31.3 Å². The van der Waals surface area contributed by atoms with Gasteiger partial charge in [-0.3, -0.25) is 9.59 Å². The van der Waals surface area contributed by atoms with Crippen LogP contribution in [0.2, 0.25) is 0 Å². The lowest BCUT2D eigenvalue weighted by Crippen LogP contribution is -2.51. The van der Waals surface area contributed by atoms with Crippen LogP contribution in [0.25, 0.3) is 10.4 Å². The number of rotatable bonds is 7. The predicted octanol–water partition coefficient (Wildman–Crippen LogP) is 1.82. The third kappa shape index (κ3) is 5.43. The van der Waals surface area contributed by atoms with Crippen LogP contribution in [0.4, 0.5) is 4.79 Å². The summed E-state index contributed by atoms with van der Waals surface area (Å²) in [5.74, 6) is -1.25. The summed E-state index contributed by atoms with van der Waals surface area (Å²) in [6.45, 7) is 5.66. The lowest BCUT2D eigenvalue weighted by atomic mass is 10.1. The van der Waals surface area contributed by atoms with Gasteiger partial charge in [-0.15, -0.1) is 11.3 Å². The average Bonchev–Trinajstić information content (AvgIpc) is 3.35. The van der Waals surface area contributed by atoms with Gasteiger partial charge < -0.3 is 25.8 Å². The van der Waals surface area contributed by atoms with Crippen LogP contribution in [0.3, 0.4) is 0 Å². The van der Waals surface area contributed by atoms with Gasteiger partial charge in [0.2, 0.25) is 5.91 Å². The predicted molar refractivity (Wildman–Crippen MR) is 120 cm³/mol. The highest BCUT2D eigenvalue weighted by Crippen LogP contribution is 2.27. The molecule has 0 saturated carbocycles. The Morgan fingerprint density at radius 1 is 1.31 bits per heavy atom. The summed E-state index contributed by atoms with van der Waals surface area (Å²) in [6.07, 6.45) is -2.90. The molecule has 1 aliphatic rings. The number of hydrogen-bond acceptors (Lipinski definition) is 7. The van der Waals surface area contributed by atoms with Crippen LogP contribution in [-0.2, 0) is 20.9 Å². The quantitative estimate of drug-likeness (QED) is 0.577. The van der Waals surface area contributed by atoms with Crippen LogP contribution < -0.4 is 11.1 Å². The van der Waals surface area contributed by atoms with Crippen molar-refractivity contribution in [2.45, 2.75) is 52.0 Å². The zero-order valence-electron chi connectivity index (χ0n) is 18.3. The maximum Gasteiger partial charge on any atom is 0.405 e. The van der Waals surface area contributed by atoms with Gasteiger partial charge in [0.15, 0.2) is 6.10 Å². The van der Waals surface area contributed by atoms with Crippen LogP contribution in [0.5, 0.6) is 0 Å². The molecule has 2 heterocycles. The Labute approximate surface area is 190 Å². The summed E-state index contributed by atoms with van der Waals surface area (Å²) in [6, 6.07) is 6.96. The van der Waals surface area contributed by atoms with Gasteiger partial charge in [0.05, 0.1) is 22.2 Å². The first kappa shape index (κ1) is 23.7. The number of hydrogen-bond donors (Lipinski definition) is 3. The van der Waals surface area contributed by atoms with Crippen molar-refractivity contribution in [2.75, 3.05) is 6.54 Å². The van der Waals surface area contributed by atoms with Crippen molar-refractivity contribution in [3.8, 4) is 10.4 Å². The third-order valence-corrected chi connectivity index (χ3v) is 6.36. The number of aryl methyl sites for hydroxylation is 1. The number of nitrogens with two attached hydrogens (primary N) is 1. The summed E-state index contributed by atoms with van der Waals surface area (Å²) in [4.78, 5) is 43.6. The van der Waals surface area contributed by atoms with Gasteiger partial charge in [0.1, 0.15) is 6.04 Å². The molecule has 2 aromatic rings. The molecular weight excluding hydrogens is 432 g/mol. The number of primary amides is 1. The SMILES string of the molecule is Cc1ncsc1-c1ccc(CNC(=O)[C@@H]2C[C@@H](O)CN2C(=O)[C@@H](OC(N)=O)C(C)C)cc1. The van der Waals surface area contributed by atoms with Gasteiger partial charge in [0.25, 0.3) is 5.91 Å². The van der Waals surface area contributed by atoms with Crippen molar-refractivity contribution in [1.29, 1.82) is 0 Å². The molecule has 32 heavy (non-hydrogen) atoms. The zero-order valence-corrected chi connectivity index (χ0v) is 19.1. The first-order valence-electron chi connectivity index (χ1n) is 10.4. The molecule has 172 valence electrons. The van der Waals surface area contributed by atoms with Gasteiger partial charge in [-0.25, -0.2) is 9.78 Å². The smallest absolute Gasteiger partial charge is 0.405 e. The number of carbonyl (C=O) groups is 3. The van der Waals surface area contributed by atoms with E-state index in [1.54, 1.807) is 30.7 Å². The number of benzene rings is 1. The van der Waals surface area contributed by atoms with Gasteiger partial charge >= 0.3 is 6.09 Å². The summed E-state index contributed by atoms with van der Waals surface area (Å²) in [7, 11) is 0. The highest BCUT2D eigenvalue weighted by molar-refractivity contribution is 7.13. The van der Waals surface area contributed by atoms with E-state index in [0.717, 1.165) is 21.7 Å². The monoisotopic (exact) mass is 460 g/mol. The highest BCUT2D eigenvalue weighted by Gasteiger charge is 2.42. The van der Waals surface area contributed by atoms with E-state index in [1.807, 2.05) is 31.2 Å². The zero-order chi connectivity index (χ0) is 23.4. The second kappa shape index (κ2) is 10.1. The minimum absolute atomic E-state index is 0.00877. The molecule has 10 heteroatoms. The van der Waals surface area contributed by atoms with Gasteiger partial charge in [-0.05, 0) is 24.0 Å². The first-order chi connectivity index (χ1) is 15.2. The Bertz CT molecular complexity index is 975. The number of carbonyl (C=O) groups excluding carboxylic acids is 3. The molecule has 1 saturated heterocycles. The highest BCUT2D eigenvalue weighted by atomic mass is 32.1. The first-order valence-corrected chi connectivity index (χ1v) is 11.3. The number of thiazole rings is 1. The summed E-state index contributed by atoms with van der Waals surface area (Å²) in [5.41, 5.74) is 9.83. The summed E-state index contributed by atoms with van der Waals surface area (Å²) < 4.78 is 4.96. The molecule has 1 fully saturated rings. The number of aliphatic hydroxyl groups excluding tert-OH is 1. The van der Waals surface area contributed by atoms with Crippen LogP contribution in [-0.4, -0.2) is 57.7 Å². The van der Waals surface area contributed by atoms with E-state index in [1.165, 1.54) is 4.90 Å². The normalized spacial score (nSPS) is 19.1. The van der Waals surface area contributed by atoms with E-state index in [2.05, 4.69) is 10.3 Å². The number of aliphatic hydroxyl groups is 1. The van der Waals surface area contributed by atoms with Crippen molar-refractivity contribution >= 4 is 29.2 Å². The Hall–Kier alpha value is -2.98. The molecule has 9 nitrogen and oxygen atoms in total.